The van der Waals surface area contributed by atoms with E-state index >= 15 is 0 Å². The second-order valence-electron chi connectivity index (χ2n) is 6.11. The number of hydrogen-bond acceptors (Lipinski definition) is 3. The molecular formula is C15H23N3S. The first-order valence-electron chi connectivity index (χ1n) is 7.33. The van der Waals surface area contributed by atoms with Gasteiger partial charge in [0.15, 0.2) is 4.96 Å². The van der Waals surface area contributed by atoms with E-state index in [-0.39, 0.29) is 0 Å². The zero-order valence-corrected chi connectivity index (χ0v) is 12.7. The van der Waals surface area contributed by atoms with Crippen LogP contribution in [-0.4, -0.2) is 22.5 Å². The lowest BCUT2D eigenvalue weighted by Gasteiger charge is -2.29. The molecule has 4 heteroatoms. The van der Waals surface area contributed by atoms with E-state index in [4.69, 9.17) is 4.98 Å². The minimum Gasteiger partial charge on any atom is -0.316 e. The van der Waals surface area contributed by atoms with Crippen molar-refractivity contribution in [2.45, 2.75) is 39.5 Å². The highest BCUT2D eigenvalue weighted by molar-refractivity contribution is 7.15. The quantitative estimate of drug-likeness (QED) is 0.786. The molecule has 0 saturated heterocycles. The Balaban J connectivity index is 1.71. The Labute approximate surface area is 119 Å². The van der Waals surface area contributed by atoms with Crippen molar-refractivity contribution in [3.8, 4) is 0 Å². The van der Waals surface area contributed by atoms with Crippen LogP contribution in [0, 0.1) is 11.3 Å². The first-order chi connectivity index (χ1) is 9.21. The van der Waals surface area contributed by atoms with Gasteiger partial charge in [-0.3, -0.25) is 4.40 Å². The number of nitrogens with zero attached hydrogens (tertiary/aromatic N) is 2. The van der Waals surface area contributed by atoms with Crippen LogP contribution in [0.1, 0.15) is 38.8 Å². The zero-order chi connectivity index (χ0) is 13.3. The van der Waals surface area contributed by atoms with E-state index in [0.29, 0.717) is 5.41 Å². The molecule has 2 aromatic rings. The standard InChI is InChI=1S/C15H23N3S/c1-3-6-16-11-15(2,12-4-5-12)9-13-10-18-7-8-19-14(18)17-13/h7-8,10,12,16H,3-6,9,11H2,1-2H3. The highest BCUT2D eigenvalue weighted by Gasteiger charge is 2.41. The van der Waals surface area contributed by atoms with Gasteiger partial charge in [0.2, 0.25) is 0 Å². The molecule has 104 valence electrons. The number of rotatable bonds is 7. The lowest BCUT2D eigenvalue weighted by molar-refractivity contribution is 0.254. The van der Waals surface area contributed by atoms with Gasteiger partial charge < -0.3 is 5.32 Å². The van der Waals surface area contributed by atoms with Crippen molar-refractivity contribution in [2.24, 2.45) is 11.3 Å². The Morgan fingerprint density at radius 1 is 1.53 bits per heavy atom. The van der Waals surface area contributed by atoms with Gasteiger partial charge in [-0.2, -0.15) is 0 Å². The van der Waals surface area contributed by atoms with Crippen LogP contribution in [0.2, 0.25) is 0 Å². The summed E-state index contributed by atoms with van der Waals surface area (Å²) in [5.74, 6) is 0.886. The van der Waals surface area contributed by atoms with Gasteiger partial charge in [-0.1, -0.05) is 13.8 Å². The Bertz CT molecular complexity index is 512. The average molecular weight is 277 g/mol. The van der Waals surface area contributed by atoms with Gasteiger partial charge >= 0.3 is 0 Å². The topological polar surface area (TPSA) is 29.3 Å². The summed E-state index contributed by atoms with van der Waals surface area (Å²) in [6.07, 6.45) is 9.40. The number of aromatic nitrogens is 2. The highest BCUT2D eigenvalue weighted by Crippen LogP contribution is 2.47. The van der Waals surface area contributed by atoms with Crippen LogP contribution in [-0.2, 0) is 6.42 Å². The maximum atomic E-state index is 4.75. The maximum absolute atomic E-state index is 4.75. The lowest BCUT2D eigenvalue weighted by atomic mass is 9.80. The minimum absolute atomic E-state index is 0.374. The van der Waals surface area contributed by atoms with Crippen molar-refractivity contribution in [1.82, 2.24) is 14.7 Å². The highest BCUT2D eigenvalue weighted by atomic mass is 32.1. The van der Waals surface area contributed by atoms with Crippen molar-refractivity contribution in [1.29, 1.82) is 0 Å². The molecule has 0 radical (unpaired) electrons. The molecule has 0 aromatic carbocycles. The number of thiazole rings is 1. The van der Waals surface area contributed by atoms with E-state index in [0.717, 1.165) is 30.4 Å². The fourth-order valence-corrected chi connectivity index (χ4v) is 3.68. The second-order valence-corrected chi connectivity index (χ2v) is 6.98. The molecule has 3 nitrogen and oxygen atoms in total. The van der Waals surface area contributed by atoms with Crippen LogP contribution >= 0.6 is 11.3 Å². The maximum Gasteiger partial charge on any atom is 0.193 e. The molecule has 3 rings (SSSR count). The lowest BCUT2D eigenvalue weighted by Crippen LogP contribution is -2.36. The van der Waals surface area contributed by atoms with E-state index < -0.39 is 0 Å². The molecule has 0 bridgehead atoms. The number of fused-ring (bicyclic) bond motifs is 1. The molecular weight excluding hydrogens is 254 g/mol. The van der Waals surface area contributed by atoms with Gasteiger partial charge in [0.1, 0.15) is 0 Å². The molecule has 1 unspecified atom stereocenters. The van der Waals surface area contributed by atoms with Crippen LogP contribution in [0.5, 0.6) is 0 Å². The molecule has 19 heavy (non-hydrogen) atoms. The summed E-state index contributed by atoms with van der Waals surface area (Å²) >= 11 is 1.72. The summed E-state index contributed by atoms with van der Waals surface area (Å²) in [6, 6.07) is 0. The van der Waals surface area contributed by atoms with E-state index in [9.17, 15) is 0 Å². The molecule has 1 saturated carbocycles. The number of hydrogen-bond donors (Lipinski definition) is 1. The predicted octanol–water partition coefficient (Wildman–Crippen LogP) is 3.35. The van der Waals surface area contributed by atoms with Gasteiger partial charge in [-0.25, -0.2) is 4.98 Å². The number of nitrogens with one attached hydrogen (secondary N) is 1. The van der Waals surface area contributed by atoms with Crippen LogP contribution in [0.25, 0.3) is 4.96 Å². The van der Waals surface area contributed by atoms with E-state index in [1.165, 1.54) is 25.0 Å². The third-order valence-corrected chi connectivity index (χ3v) is 5.02. The van der Waals surface area contributed by atoms with Gasteiger partial charge in [0, 0.05) is 24.3 Å². The molecule has 0 spiro atoms. The van der Waals surface area contributed by atoms with Crippen molar-refractivity contribution in [3.63, 3.8) is 0 Å². The summed E-state index contributed by atoms with van der Waals surface area (Å²) < 4.78 is 2.15. The van der Waals surface area contributed by atoms with E-state index in [1.54, 1.807) is 11.3 Å². The zero-order valence-electron chi connectivity index (χ0n) is 11.9. The predicted molar refractivity (Wildman–Crippen MR) is 80.8 cm³/mol. The van der Waals surface area contributed by atoms with Crippen LogP contribution in [0.4, 0.5) is 0 Å². The molecule has 1 N–H and O–H groups in total. The fourth-order valence-electron chi connectivity index (χ4n) is 2.96. The first kappa shape index (κ1) is 13.1. The molecule has 0 amide bonds. The molecule has 0 aliphatic heterocycles. The second kappa shape index (κ2) is 5.25. The summed E-state index contributed by atoms with van der Waals surface area (Å²) in [6.45, 7) is 6.91. The summed E-state index contributed by atoms with van der Waals surface area (Å²) in [5.41, 5.74) is 1.62. The fraction of sp³-hybridized carbons (Fsp3) is 0.667. The molecule has 1 atom stereocenters. The largest absolute Gasteiger partial charge is 0.316 e. The van der Waals surface area contributed by atoms with Crippen LogP contribution < -0.4 is 5.32 Å². The van der Waals surface area contributed by atoms with Gasteiger partial charge in [-0.05, 0) is 43.6 Å². The number of imidazole rings is 1. The third-order valence-electron chi connectivity index (χ3n) is 4.25. The van der Waals surface area contributed by atoms with Gasteiger partial charge in [-0.15, -0.1) is 11.3 Å². The van der Waals surface area contributed by atoms with Crippen molar-refractivity contribution in [3.05, 3.63) is 23.5 Å². The Morgan fingerprint density at radius 2 is 2.37 bits per heavy atom. The molecule has 2 aromatic heterocycles. The molecule has 1 aliphatic carbocycles. The van der Waals surface area contributed by atoms with E-state index in [2.05, 4.69) is 41.3 Å². The SMILES string of the molecule is CCCNCC(C)(Cc1cn2ccsc2n1)C1CC1. The van der Waals surface area contributed by atoms with Gasteiger partial charge in [0.25, 0.3) is 0 Å². The minimum atomic E-state index is 0.374. The Hall–Kier alpha value is -0.870. The molecule has 1 fully saturated rings. The van der Waals surface area contributed by atoms with Crippen molar-refractivity contribution in [2.75, 3.05) is 13.1 Å². The summed E-state index contributed by atoms with van der Waals surface area (Å²) in [4.78, 5) is 5.87. The van der Waals surface area contributed by atoms with Crippen molar-refractivity contribution < 1.29 is 0 Å². The average Bonchev–Trinajstić information content (AvgIpc) is 3.04. The molecule has 2 heterocycles. The Morgan fingerprint density at radius 3 is 3.05 bits per heavy atom. The van der Waals surface area contributed by atoms with Crippen LogP contribution in [0.15, 0.2) is 17.8 Å². The van der Waals surface area contributed by atoms with Crippen LogP contribution in [0.3, 0.4) is 0 Å². The summed E-state index contributed by atoms with van der Waals surface area (Å²) in [5, 5.41) is 5.71. The smallest absolute Gasteiger partial charge is 0.193 e. The summed E-state index contributed by atoms with van der Waals surface area (Å²) in [7, 11) is 0. The van der Waals surface area contributed by atoms with Gasteiger partial charge in [0.05, 0.1) is 5.69 Å². The molecule has 1 aliphatic rings. The normalized spacial score (nSPS) is 18.8. The van der Waals surface area contributed by atoms with Crippen molar-refractivity contribution >= 4 is 16.3 Å². The first-order valence-corrected chi connectivity index (χ1v) is 8.21. The van der Waals surface area contributed by atoms with E-state index in [1.807, 2.05) is 0 Å². The Kier molecular flexibility index (Phi) is 3.63. The monoisotopic (exact) mass is 277 g/mol. The third kappa shape index (κ3) is 2.84.